The zero-order chi connectivity index (χ0) is 12.0. The summed E-state index contributed by atoms with van der Waals surface area (Å²) in [6.07, 6.45) is 4.08. The molecule has 1 N–H and O–H groups in total. The molecule has 0 aliphatic carbocycles. The van der Waals surface area contributed by atoms with Crippen LogP contribution in [-0.2, 0) is 6.42 Å². The van der Waals surface area contributed by atoms with Gasteiger partial charge in [0.15, 0.2) is 0 Å². The van der Waals surface area contributed by atoms with Crippen molar-refractivity contribution in [3.8, 4) is 0 Å². The van der Waals surface area contributed by atoms with Crippen LogP contribution >= 0.6 is 15.9 Å². The van der Waals surface area contributed by atoms with Gasteiger partial charge in [0.05, 0.1) is 0 Å². The van der Waals surface area contributed by atoms with Gasteiger partial charge in [-0.15, -0.1) is 0 Å². The van der Waals surface area contributed by atoms with E-state index in [0.29, 0.717) is 6.04 Å². The van der Waals surface area contributed by atoms with Crippen molar-refractivity contribution in [1.29, 1.82) is 0 Å². The van der Waals surface area contributed by atoms with E-state index in [1.807, 2.05) is 13.1 Å². The Balaban J connectivity index is 2.55. The maximum absolute atomic E-state index is 13.5. The number of rotatable bonds is 6. The van der Waals surface area contributed by atoms with E-state index >= 15 is 0 Å². The zero-order valence-corrected chi connectivity index (χ0v) is 11.5. The number of hydrogen-bond acceptors (Lipinski definition) is 1. The minimum absolute atomic E-state index is 0.102. The third-order valence-corrected chi connectivity index (χ3v) is 3.31. The van der Waals surface area contributed by atoms with Crippen LogP contribution in [0.25, 0.3) is 0 Å². The Morgan fingerprint density at radius 2 is 2.12 bits per heavy atom. The van der Waals surface area contributed by atoms with Gasteiger partial charge in [-0.2, -0.15) is 0 Å². The van der Waals surface area contributed by atoms with Crippen LogP contribution in [0.5, 0.6) is 0 Å². The summed E-state index contributed by atoms with van der Waals surface area (Å²) in [7, 11) is 1.97. The third-order valence-electron chi connectivity index (χ3n) is 2.82. The highest BCUT2D eigenvalue weighted by atomic mass is 79.9. The molecule has 1 aromatic carbocycles. The van der Waals surface area contributed by atoms with Crippen LogP contribution in [0.1, 0.15) is 31.7 Å². The molecule has 0 aliphatic heterocycles. The van der Waals surface area contributed by atoms with Crippen LogP contribution in [0, 0.1) is 5.82 Å². The van der Waals surface area contributed by atoms with Crippen molar-refractivity contribution in [2.24, 2.45) is 0 Å². The van der Waals surface area contributed by atoms with E-state index in [9.17, 15) is 4.39 Å². The Hall–Kier alpha value is -0.410. The van der Waals surface area contributed by atoms with Crippen LogP contribution in [0.15, 0.2) is 22.7 Å². The van der Waals surface area contributed by atoms with E-state index in [4.69, 9.17) is 0 Å². The summed E-state index contributed by atoms with van der Waals surface area (Å²) in [5, 5.41) is 3.27. The zero-order valence-electron chi connectivity index (χ0n) is 9.89. The van der Waals surface area contributed by atoms with E-state index in [-0.39, 0.29) is 5.82 Å². The lowest BCUT2D eigenvalue weighted by Gasteiger charge is -2.15. The Bertz CT molecular complexity index is 328. The molecule has 0 spiro atoms. The first kappa shape index (κ1) is 13.7. The Morgan fingerprint density at radius 3 is 2.75 bits per heavy atom. The van der Waals surface area contributed by atoms with Crippen molar-refractivity contribution in [3.63, 3.8) is 0 Å². The first-order chi connectivity index (χ1) is 7.67. The van der Waals surface area contributed by atoms with Crippen molar-refractivity contribution in [2.45, 2.75) is 38.6 Å². The Kier molecular flexibility index (Phi) is 5.99. The lowest BCUT2D eigenvalue weighted by Crippen LogP contribution is -2.25. The van der Waals surface area contributed by atoms with Crippen LogP contribution < -0.4 is 5.32 Å². The molecule has 90 valence electrons. The van der Waals surface area contributed by atoms with Crippen molar-refractivity contribution >= 4 is 15.9 Å². The highest BCUT2D eigenvalue weighted by molar-refractivity contribution is 9.10. The highest BCUT2D eigenvalue weighted by Crippen LogP contribution is 2.18. The second kappa shape index (κ2) is 7.02. The molecule has 3 heteroatoms. The first-order valence-electron chi connectivity index (χ1n) is 5.78. The number of nitrogens with one attached hydrogen (secondary N) is 1. The molecular formula is C13H19BrFN. The topological polar surface area (TPSA) is 12.0 Å². The molecule has 1 rings (SSSR count). The monoisotopic (exact) mass is 287 g/mol. The molecule has 0 heterocycles. The fraction of sp³-hybridized carbons (Fsp3) is 0.538. The number of benzene rings is 1. The van der Waals surface area contributed by atoms with E-state index in [0.717, 1.165) is 35.7 Å². The van der Waals surface area contributed by atoms with Gasteiger partial charge in [0.2, 0.25) is 0 Å². The molecule has 1 atom stereocenters. The van der Waals surface area contributed by atoms with Gasteiger partial charge in [-0.25, -0.2) is 4.39 Å². The van der Waals surface area contributed by atoms with E-state index < -0.39 is 0 Å². The van der Waals surface area contributed by atoms with Crippen LogP contribution in [-0.4, -0.2) is 13.1 Å². The van der Waals surface area contributed by atoms with Gasteiger partial charge in [0.1, 0.15) is 5.82 Å². The minimum atomic E-state index is -0.102. The van der Waals surface area contributed by atoms with E-state index in [1.54, 1.807) is 6.07 Å². The quantitative estimate of drug-likeness (QED) is 0.837. The van der Waals surface area contributed by atoms with Crippen LogP contribution in [0.2, 0.25) is 0 Å². The van der Waals surface area contributed by atoms with Crippen LogP contribution in [0.3, 0.4) is 0 Å². The third kappa shape index (κ3) is 4.22. The molecule has 0 aromatic heterocycles. The number of hydrogen-bond donors (Lipinski definition) is 1. The summed E-state index contributed by atoms with van der Waals surface area (Å²) in [5.41, 5.74) is 0.797. The summed E-state index contributed by atoms with van der Waals surface area (Å²) in [6.45, 7) is 2.17. The van der Waals surface area contributed by atoms with Gasteiger partial charge in [-0.05, 0) is 50.1 Å². The normalized spacial score (nSPS) is 12.8. The predicted octanol–water partition coefficient (Wildman–Crippen LogP) is 3.91. The molecule has 0 amide bonds. The van der Waals surface area contributed by atoms with Gasteiger partial charge >= 0.3 is 0 Å². The second-order valence-electron chi connectivity index (χ2n) is 4.05. The molecule has 0 saturated heterocycles. The first-order valence-corrected chi connectivity index (χ1v) is 6.57. The molecule has 0 saturated carbocycles. The average molecular weight is 288 g/mol. The lowest BCUT2D eigenvalue weighted by atomic mass is 10.0. The van der Waals surface area contributed by atoms with E-state index in [2.05, 4.69) is 28.2 Å². The summed E-state index contributed by atoms with van der Waals surface area (Å²) < 4.78 is 14.4. The fourth-order valence-electron chi connectivity index (χ4n) is 1.85. The predicted molar refractivity (Wildman–Crippen MR) is 70.2 cm³/mol. The Labute approximate surface area is 106 Å². The molecule has 0 aliphatic rings. The number of halogens is 2. The van der Waals surface area contributed by atoms with Crippen molar-refractivity contribution in [2.75, 3.05) is 7.05 Å². The smallest absolute Gasteiger partial charge is 0.126 e. The molecule has 16 heavy (non-hydrogen) atoms. The number of aryl methyl sites for hydroxylation is 1. The van der Waals surface area contributed by atoms with Crippen molar-refractivity contribution < 1.29 is 4.39 Å². The minimum Gasteiger partial charge on any atom is -0.317 e. The summed E-state index contributed by atoms with van der Waals surface area (Å²) >= 11 is 3.37. The van der Waals surface area contributed by atoms with Crippen LogP contribution in [0.4, 0.5) is 4.39 Å². The standard InChI is InChI=1S/C13H19BrFN/c1-3-4-12(16-2)7-5-10-9-11(14)6-8-13(10)15/h6,8-9,12,16H,3-5,7H2,1-2H3. The molecule has 1 unspecified atom stereocenters. The molecule has 1 aromatic rings. The van der Waals surface area contributed by atoms with Gasteiger partial charge in [0.25, 0.3) is 0 Å². The van der Waals surface area contributed by atoms with Gasteiger partial charge < -0.3 is 5.32 Å². The SMILES string of the molecule is CCCC(CCc1cc(Br)ccc1F)NC. The largest absolute Gasteiger partial charge is 0.317 e. The van der Waals surface area contributed by atoms with E-state index in [1.165, 1.54) is 6.07 Å². The molecule has 0 fully saturated rings. The van der Waals surface area contributed by atoms with Gasteiger partial charge in [-0.1, -0.05) is 29.3 Å². The molecular weight excluding hydrogens is 269 g/mol. The molecule has 0 bridgehead atoms. The van der Waals surface area contributed by atoms with Crippen molar-refractivity contribution in [3.05, 3.63) is 34.1 Å². The fourth-order valence-corrected chi connectivity index (χ4v) is 2.25. The lowest BCUT2D eigenvalue weighted by molar-refractivity contribution is 0.478. The van der Waals surface area contributed by atoms with Gasteiger partial charge in [0, 0.05) is 10.5 Å². The summed E-state index contributed by atoms with van der Waals surface area (Å²) in [6, 6.07) is 5.62. The highest BCUT2D eigenvalue weighted by Gasteiger charge is 2.08. The molecule has 0 radical (unpaired) electrons. The second-order valence-corrected chi connectivity index (χ2v) is 4.96. The van der Waals surface area contributed by atoms with Crippen molar-refractivity contribution in [1.82, 2.24) is 5.32 Å². The maximum atomic E-state index is 13.5. The van der Waals surface area contributed by atoms with Gasteiger partial charge in [-0.3, -0.25) is 0 Å². The summed E-state index contributed by atoms with van der Waals surface area (Å²) in [4.78, 5) is 0. The molecule has 1 nitrogen and oxygen atoms in total. The maximum Gasteiger partial charge on any atom is 0.126 e. The average Bonchev–Trinajstić information content (AvgIpc) is 2.28. The Morgan fingerprint density at radius 1 is 1.38 bits per heavy atom. The summed E-state index contributed by atoms with van der Waals surface area (Å²) in [5.74, 6) is -0.102.